The monoisotopic (exact) mass is 347 g/mol. The molecule has 2 unspecified atom stereocenters. The molecule has 2 aliphatic rings. The predicted molar refractivity (Wildman–Crippen MR) is 89.5 cm³/mol. The molecule has 1 fully saturated rings. The Morgan fingerprint density at radius 3 is 2.88 bits per heavy atom. The Hall–Kier alpha value is -1.88. The second-order valence-electron chi connectivity index (χ2n) is 7.38. The number of carbonyl (C=O) groups is 1. The summed E-state index contributed by atoms with van der Waals surface area (Å²) in [7, 11) is 1.70. The average molecular weight is 348 g/mol. The quantitative estimate of drug-likeness (QED) is 0.899. The summed E-state index contributed by atoms with van der Waals surface area (Å²) in [5.74, 6) is -0.222. The van der Waals surface area contributed by atoms with E-state index in [1.807, 2.05) is 6.07 Å². The molecule has 2 aliphatic carbocycles. The Morgan fingerprint density at radius 2 is 2.21 bits per heavy atom. The van der Waals surface area contributed by atoms with E-state index in [1.54, 1.807) is 13.1 Å². The number of aromatic nitrogens is 2. The summed E-state index contributed by atoms with van der Waals surface area (Å²) in [5, 5.41) is 7.57. The first-order valence-corrected chi connectivity index (χ1v) is 8.45. The van der Waals surface area contributed by atoms with Crippen LogP contribution in [0.3, 0.4) is 0 Å². The molecule has 4 rings (SSSR count). The molecule has 6 heteroatoms. The minimum absolute atomic E-state index is 0.187. The maximum absolute atomic E-state index is 13.7. The molecule has 0 saturated heterocycles. The van der Waals surface area contributed by atoms with E-state index in [1.165, 1.54) is 16.9 Å². The van der Waals surface area contributed by atoms with Crippen LogP contribution in [0, 0.1) is 11.2 Å². The highest BCUT2D eigenvalue weighted by Crippen LogP contribution is 2.66. The lowest BCUT2D eigenvalue weighted by atomic mass is 9.74. The molecule has 24 heavy (non-hydrogen) atoms. The molecule has 1 aromatic heterocycles. The van der Waals surface area contributed by atoms with Crippen molar-refractivity contribution in [3.63, 3.8) is 0 Å². The largest absolute Gasteiger partial charge is 0.342 e. The van der Waals surface area contributed by atoms with Crippen molar-refractivity contribution in [2.45, 2.75) is 38.1 Å². The second-order valence-corrected chi connectivity index (χ2v) is 7.73. The number of fused-ring (bicyclic) bond motifs is 5. The topological polar surface area (TPSA) is 46.9 Å². The zero-order chi connectivity index (χ0) is 17.3. The third-order valence-electron chi connectivity index (χ3n) is 6.07. The van der Waals surface area contributed by atoms with E-state index in [9.17, 15) is 9.18 Å². The summed E-state index contributed by atoms with van der Waals surface area (Å²) < 4.78 is 15.2. The number of rotatable bonds is 2. The molecule has 1 N–H and O–H groups in total. The van der Waals surface area contributed by atoms with Gasteiger partial charge in [-0.2, -0.15) is 5.10 Å². The van der Waals surface area contributed by atoms with Crippen LogP contribution in [-0.2, 0) is 12.6 Å². The van der Waals surface area contributed by atoms with Crippen LogP contribution in [-0.4, -0.2) is 15.7 Å². The lowest BCUT2D eigenvalue weighted by Gasteiger charge is -2.39. The van der Waals surface area contributed by atoms with Gasteiger partial charge in [-0.3, -0.25) is 9.48 Å². The van der Waals surface area contributed by atoms with Gasteiger partial charge < -0.3 is 5.32 Å². The van der Waals surface area contributed by atoms with E-state index in [0.717, 1.165) is 24.0 Å². The molecule has 1 saturated carbocycles. The highest BCUT2D eigenvalue weighted by Gasteiger charge is 2.62. The van der Waals surface area contributed by atoms with Gasteiger partial charge in [0.15, 0.2) is 0 Å². The first kappa shape index (κ1) is 15.6. The number of nitrogens with one attached hydrogen (secondary N) is 1. The summed E-state index contributed by atoms with van der Waals surface area (Å²) in [4.78, 5) is 12.9. The van der Waals surface area contributed by atoms with Gasteiger partial charge in [0.25, 0.3) is 5.91 Å². The minimum Gasteiger partial charge on any atom is -0.342 e. The SMILES string of the molecule is Cn1ncc(C(=O)NC23CCC(c4cc(F)ccc42)C3(C)C)c1Cl. The summed E-state index contributed by atoms with van der Waals surface area (Å²) in [5.41, 5.74) is 1.72. The van der Waals surface area contributed by atoms with Gasteiger partial charge in [0.2, 0.25) is 0 Å². The van der Waals surface area contributed by atoms with Crippen molar-refractivity contribution >= 4 is 17.5 Å². The molecule has 1 aromatic carbocycles. The zero-order valence-electron chi connectivity index (χ0n) is 13.9. The van der Waals surface area contributed by atoms with Crippen molar-refractivity contribution in [3.8, 4) is 0 Å². The standard InChI is InChI=1S/C18H19ClFN3O/c1-17(2)13-6-7-18(17,14-5-4-10(20)8-11(13)14)22-16(24)12-9-21-23(3)15(12)19/h4-5,8-9,13H,6-7H2,1-3H3,(H,22,24). The Morgan fingerprint density at radius 1 is 1.46 bits per heavy atom. The highest BCUT2D eigenvalue weighted by atomic mass is 35.5. The van der Waals surface area contributed by atoms with Crippen molar-refractivity contribution in [3.05, 3.63) is 52.1 Å². The van der Waals surface area contributed by atoms with Gasteiger partial charge in [0.1, 0.15) is 11.0 Å². The Labute approximate surface area is 145 Å². The van der Waals surface area contributed by atoms with Crippen LogP contribution in [0.1, 0.15) is 54.1 Å². The third-order valence-corrected chi connectivity index (χ3v) is 6.51. The summed E-state index contributed by atoms with van der Waals surface area (Å²) in [6.07, 6.45) is 3.26. The number of hydrogen-bond acceptors (Lipinski definition) is 2. The van der Waals surface area contributed by atoms with E-state index < -0.39 is 5.54 Å². The molecule has 4 nitrogen and oxygen atoms in total. The highest BCUT2D eigenvalue weighted by molar-refractivity contribution is 6.32. The number of aryl methyl sites for hydroxylation is 1. The normalized spacial score (nSPS) is 26.5. The van der Waals surface area contributed by atoms with Crippen molar-refractivity contribution in [2.24, 2.45) is 12.5 Å². The molecule has 1 amide bonds. The molecule has 2 aromatic rings. The number of halogens is 2. The molecule has 0 aliphatic heterocycles. The fraction of sp³-hybridized carbons (Fsp3) is 0.444. The fourth-order valence-corrected chi connectivity index (χ4v) is 4.88. The van der Waals surface area contributed by atoms with Gasteiger partial charge >= 0.3 is 0 Å². The van der Waals surface area contributed by atoms with Crippen LogP contribution in [0.5, 0.6) is 0 Å². The number of amides is 1. The Bertz CT molecular complexity index is 860. The van der Waals surface area contributed by atoms with E-state index in [0.29, 0.717) is 10.7 Å². The second kappa shape index (κ2) is 4.82. The van der Waals surface area contributed by atoms with Crippen molar-refractivity contribution in [1.82, 2.24) is 15.1 Å². The number of hydrogen-bond donors (Lipinski definition) is 1. The maximum atomic E-state index is 13.7. The lowest BCUT2D eigenvalue weighted by molar-refractivity contribution is 0.0809. The molecule has 2 bridgehead atoms. The van der Waals surface area contributed by atoms with Gasteiger partial charge in [-0.05, 0) is 47.4 Å². The van der Waals surface area contributed by atoms with Crippen molar-refractivity contribution in [1.29, 1.82) is 0 Å². The van der Waals surface area contributed by atoms with E-state index in [2.05, 4.69) is 24.3 Å². The first-order valence-electron chi connectivity index (χ1n) is 8.08. The van der Waals surface area contributed by atoms with Gasteiger partial charge in [0, 0.05) is 7.05 Å². The van der Waals surface area contributed by atoms with Gasteiger partial charge in [-0.25, -0.2) is 4.39 Å². The van der Waals surface area contributed by atoms with Gasteiger partial charge in [0.05, 0.1) is 17.3 Å². The third kappa shape index (κ3) is 1.79. The number of carbonyl (C=O) groups excluding carboxylic acids is 1. The molecular weight excluding hydrogens is 329 g/mol. The Balaban J connectivity index is 1.79. The number of nitrogens with zero attached hydrogens (tertiary/aromatic N) is 2. The zero-order valence-corrected chi connectivity index (χ0v) is 14.6. The smallest absolute Gasteiger partial charge is 0.256 e. The van der Waals surface area contributed by atoms with E-state index in [4.69, 9.17) is 11.6 Å². The summed E-state index contributed by atoms with van der Waals surface area (Å²) in [6, 6.07) is 4.91. The van der Waals surface area contributed by atoms with Crippen molar-refractivity contribution in [2.75, 3.05) is 0 Å². The minimum atomic E-state index is -0.503. The molecule has 1 heterocycles. The van der Waals surface area contributed by atoms with Crippen LogP contribution in [0.15, 0.2) is 24.4 Å². The van der Waals surface area contributed by atoms with Crippen LogP contribution in [0.25, 0.3) is 0 Å². The fourth-order valence-electron chi connectivity index (χ4n) is 4.70. The lowest BCUT2D eigenvalue weighted by Crippen LogP contribution is -2.51. The maximum Gasteiger partial charge on any atom is 0.256 e. The Kier molecular flexibility index (Phi) is 3.14. The van der Waals surface area contributed by atoms with Crippen LogP contribution in [0.4, 0.5) is 4.39 Å². The van der Waals surface area contributed by atoms with Crippen LogP contribution in [0.2, 0.25) is 5.15 Å². The van der Waals surface area contributed by atoms with E-state index in [-0.39, 0.29) is 23.1 Å². The first-order chi connectivity index (χ1) is 11.3. The molecular formula is C18H19ClFN3O. The summed E-state index contributed by atoms with van der Waals surface area (Å²) in [6.45, 7) is 4.29. The molecule has 0 spiro atoms. The van der Waals surface area contributed by atoms with Crippen molar-refractivity contribution < 1.29 is 9.18 Å². The average Bonchev–Trinajstić information content (AvgIpc) is 3.04. The van der Waals surface area contributed by atoms with E-state index >= 15 is 0 Å². The van der Waals surface area contributed by atoms with Gasteiger partial charge in [-0.15, -0.1) is 0 Å². The van der Waals surface area contributed by atoms with Gasteiger partial charge in [-0.1, -0.05) is 31.5 Å². The summed E-state index contributed by atoms with van der Waals surface area (Å²) >= 11 is 6.17. The molecule has 0 radical (unpaired) electrons. The van der Waals surface area contributed by atoms with Crippen LogP contribution < -0.4 is 5.32 Å². The van der Waals surface area contributed by atoms with Crippen LogP contribution >= 0.6 is 11.6 Å². The number of benzene rings is 1. The molecule has 2 atom stereocenters. The molecule has 126 valence electrons. The predicted octanol–water partition coefficient (Wildman–Crippen LogP) is 3.76.